The van der Waals surface area contributed by atoms with Gasteiger partial charge in [-0.2, -0.15) is 0 Å². The van der Waals surface area contributed by atoms with Gasteiger partial charge in [0, 0.05) is 11.3 Å². The molecule has 3 rings (SSSR count). The molecule has 1 aliphatic rings. The number of hydrogen-bond acceptors (Lipinski definition) is 4. The van der Waals surface area contributed by atoms with Crippen LogP contribution in [0.4, 0.5) is 10.1 Å². The van der Waals surface area contributed by atoms with E-state index in [-0.39, 0.29) is 17.1 Å². The number of carbonyl (C=O) groups is 1. The van der Waals surface area contributed by atoms with Gasteiger partial charge in [0.2, 0.25) is 5.91 Å². The van der Waals surface area contributed by atoms with Crippen LogP contribution in [-0.2, 0) is 4.79 Å². The normalized spacial score (nSPS) is 17.4. The fraction of sp³-hybridized carbons (Fsp3) is 0.235. The molecule has 1 fully saturated rings. The van der Waals surface area contributed by atoms with Crippen LogP contribution in [0.2, 0.25) is 0 Å². The summed E-state index contributed by atoms with van der Waals surface area (Å²) in [5, 5.41) is -0.238. The van der Waals surface area contributed by atoms with Crippen LogP contribution in [0.1, 0.15) is 10.9 Å². The topological polar surface area (TPSA) is 38.8 Å². The van der Waals surface area contributed by atoms with Gasteiger partial charge in [0.15, 0.2) is 11.5 Å². The fourth-order valence-electron chi connectivity index (χ4n) is 2.64. The van der Waals surface area contributed by atoms with E-state index in [0.717, 1.165) is 5.56 Å². The lowest BCUT2D eigenvalue weighted by molar-refractivity contribution is -0.115. The van der Waals surface area contributed by atoms with Crippen molar-refractivity contribution in [3.63, 3.8) is 0 Å². The summed E-state index contributed by atoms with van der Waals surface area (Å²) in [6, 6.07) is 11.5. The molecule has 0 aromatic heterocycles. The second-order valence-electron chi connectivity index (χ2n) is 4.99. The van der Waals surface area contributed by atoms with Gasteiger partial charge in [0.25, 0.3) is 0 Å². The van der Waals surface area contributed by atoms with E-state index < -0.39 is 0 Å². The molecular formula is C17H16FNO3S. The minimum atomic E-state index is -0.330. The SMILES string of the molecule is COc1cccc([C@@H]2SCC(=O)N2c2ccc(F)cc2)c1OC. The molecule has 0 saturated carbocycles. The fourth-order valence-corrected chi connectivity index (χ4v) is 3.83. The Labute approximate surface area is 138 Å². The third-order valence-corrected chi connectivity index (χ3v) is 4.87. The first kappa shape index (κ1) is 15.7. The lowest BCUT2D eigenvalue weighted by atomic mass is 10.1. The molecule has 0 spiro atoms. The van der Waals surface area contributed by atoms with Crippen molar-refractivity contribution in [3.8, 4) is 11.5 Å². The Hall–Kier alpha value is -2.21. The van der Waals surface area contributed by atoms with Crippen molar-refractivity contribution in [1.29, 1.82) is 0 Å². The van der Waals surface area contributed by atoms with Crippen LogP contribution < -0.4 is 14.4 Å². The van der Waals surface area contributed by atoms with Gasteiger partial charge in [-0.3, -0.25) is 9.69 Å². The van der Waals surface area contributed by atoms with E-state index in [9.17, 15) is 9.18 Å². The monoisotopic (exact) mass is 333 g/mol. The molecule has 23 heavy (non-hydrogen) atoms. The van der Waals surface area contributed by atoms with E-state index in [4.69, 9.17) is 9.47 Å². The van der Waals surface area contributed by atoms with Crippen LogP contribution in [-0.4, -0.2) is 25.9 Å². The van der Waals surface area contributed by atoms with Gasteiger partial charge >= 0.3 is 0 Å². The highest BCUT2D eigenvalue weighted by molar-refractivity contribution is 8.00. The van der Waals surface area contributed by atoms with Crippen molar-refractivity contribution in [3.05, 3.63) is 53.8 Å². The summed E-state index contributed by atoms with van der Waals surface area (Å²) in [5.74, 6) is 1.24. The number of ether oxygens (including phenoxy) is 2. The van der Waals surface area contributed by atoms with Crippen molar-refractivity contribution in [2.24, 2.45) is 0 Å². The van der Waals surface area contributed by atoms with Crippen molar-refractivity contribution < 1.29 is 18.7 Å². The number of amides is 1. The van der Waals surface area contributed by atoms with Gasteiger partial charge in [-0.15, -0.1) is 11.8 Å². The van der Waals surface area contributed by atoms with Crippen LogP contribution in [0.15, 0.2) is 42.5 Å². The Balaban J connectivity index is 2.05. The molecular weight excluding hydrogens is 317 g/mol. The quantitative estimate of drug-likeness (QED) is 0.857. The molecule has 2 aromatic rings. The zero-order valence-corrected chi connectivity index (χ0v) is 13.6. The highest BCUT2D eigenvalue weighted by Crippen LogP contribution is 2.47. The van der Waals surface area contributed by atoms with E-state index in [1.165, 1.54) is 23.9 Å². The van der Waals surface area contributed by atoms with E-state index in [1.54, 1.807) is 31.3 Å². The van der Waals surface area contributed by atoms with Gasteiger partial charge in [-0.05, 0) is 30.3 Å². The number of para-hydroxylation sites is 1. The van der Waals surface area contributed by atoms with E-state index in [0.29, 0.717) is 22.9 Å². The Morgan fingerprint density at radius 1 is 1.13 bits per heavy atom. The molecule has 2 aromatic carbocycles. The molecule has 120 valence electrons. The molecule has 0 N–H and O–H groups in total. The van der Waals surface area contributed by atoms with Crippen molar-refractivity contribution in [2.75, 3.05) is 24.9 Å². The predicted molar refractivity (Wildman–Crippen MR) is 88.6 cm³/mol. The standard InChI is InChI=1S/C17H16FNO3S/c1-21-14-5-3-4-13(16(14)22-2)17-19(15(20)10-23-17)12-8-6-11(18)7-9-12/h3-9,17H,10H2,1-2H3/t17-/m0/s1. The Morgan fingerprint density at radius 2 is 1.87 bits per heavy atom. The van der Waals surface area contributed by atoms with Crippen molar-refractivity contribution >= 4 is 23.4 Å². The molecule has 6 heteroatoms. The number of benzene rings is 2. The smallest absolute Gasteiger partial charge is 0.238 e. The third-order valence-electron chi connectivity index (χ3n) is 3.67. The lowest BCUT2D eigenvalue weighted by Gasteiger charge is -2.26. The third kappa shape index (κ3) is 2.86. The molecule has 0 aliphatic carbocycles. The summed E-state index contributed by atoms with van der Waals surface area (Å²) in [6.45, 7) is 0. The first-order chi connectivity index (χ1) is 11.2. The van der Waals surface area contributed by atoms with Gasteiger partial charge in [0.1, 0.15) is 11.2 Å². The average molecular weight is 333 g/mol. The van der Waals surface area contributed by atoms with Crippen molar-refractivity contribution in [1.82, 2.24) is 0 Å². The maximum Gasteiger partial charge on any atom is 0.238 e. The molecule has 0 radical (unpaired) electrons. The summed E-state index contributed by atoms with van der Waals surface area (Å²) in [7, 11) is 3.15. The summed E-state index contributed by atoms with van der Waals surface area (Å²) in [5.41, 5.74) is 1.52. The van der Waals surface area contributed by atoms with Crippen LogP contribution >= 0.6 is 11.8 Å². The molecule has 1 heterocycles. The molecule has 4 nitrogen and oxygen atoms in total. The van der Waals surface area contributed by atoms with Crippen LogP contribution in [0, 0.1) is 5.82 Å². The number of hydrogen-bond donors (Lipinski definition) is 0. The average Bonchev–Trinajstić information content (AvgIpc) is 2.96. The number of methoxy groups -OCH3 is 2. The molecule has 1 atom stereocenters. The molecule has 0 unspecified atom stereocenters. The van der Waals surface area contributed by atoms with Gasteiger partial charge < -0.3 is 9.47 Å². The zero-order chi connectivity index (χ0) is 16.4. The van der Waals surface area contributed by atoms with Crippen LogP contribution in [0.3, 0.4) is 0 Å². The first-order valence-electron chi connectivity index (χ1n) is 7.06. The molecule has 0 bridgehead atoms. The maximum absolute atomic E-state index is 13.2. The Morgan fingerprint density at radius 3 is 2.52 bits per heavy atom. The van der Waals surface area contributed by atoms with E-state index >= 15 is 0 Å². The Bertz CT molecular complexity index is 720. The highest BCUT2D eigenvalue weighted by atomic mass is 32.2. The minimum Gasteiger partial charge on any atom is -0.493 e. The van der Waals surface area contributed by atoms with Crippen LogP contribution in [0.5, 0.6) is 11.5 Å². The van der Waals surface area contributed by atoms with Gasteiger partial charge in [-0.1, -0.05) is 12.1 Å². The first-order valence-corrected chi connectivity index (χ1v) is 8.10. The number of anilines is 1. The van der Waals surface area contributed by atoms with Gasteiger partial charge in [-0.25, -0.2) is 4.39 Å². The number of nitrogens with zero attached hydrogens (tertiary/aromatic N) is 1. The van der Waals surface area contributed by atoms with E-state index in [1.807, 2.05) is 18.2 Å². The predicted octanol–water partition coefficient (Wildman–Crippen LogP) is 3.62. The molecule has 1 amide bonds. The van der Waals surface area contributed by atoms with E-state index in [2.05, 4.69) is 0 Å². The highest BCUT2D eigenvalue weighted by Gasteiger charge is 2.36. The van der Waals surface area contributed by atoms with Crippen molar-refractivity contribution in [2.45, 2.75) is 5.37 Å². The largest absolute Gasteiger partial charge is 0.493 e. The maximum atomic E-state index is 13.2. The summed E-state index contributed by atoms with van der Waals surface area (Å²) >= 11 is 1.51. The Kier molecular flexibility index (Phi) is 4.43. The minimum absolute atomic E-state index is 0.0171. The summed E-state index contributed by atoms with van der Waals surface area (Å²) in [4.78, 5) is 14.0. The number of thioether (sulfide) groups is 1. The van der Waals surface area contributed by atoms with Crippen LogP contribution in [0.25, 0.3) is 0 Å². The number of carbonyl (C=O) groups excluding carboxylic acids is 1. The zero-order valence-electron chi connectivity index (χ0n) is 12.8. The second-order valence-corrected chi connectivity index (χ2v) is 6.05. The summed E-state index contributed by atoms with van der Waals surface area (Å²) in [6.07, 6.45) is 0. The van der Waals surface area contributed by atoms with Gasteiger partial charge in [0.05, 0.1) is 20.0 Å². The number of rotatable bonds is 4. The second kappa shape index (κ2) is 6.50. The lowest BCUT2D eigenvalue weighted by Crippen LogP contribution is -2.28. The summed E-state index contributed by atoms with van der Waals surface area (Å²) < 4.78 is 24.0. The molecule has 1 aliphatic heterocycles. The molecule has 1 saturated heterocycles. The number of halogens is 1.